The van der Waals surface area contributed by atoms with Crippen LogP contribution in [0.5, 0.6) is 0 Å². The van der Waals surface area contributed by atoms with Crippen molar-refractivity contribution in [1.82, 2.24) is 14.9 Å². The van der Waals surface area contributed by atoms with Crippen molar-refractivity contribution in [2.24, 2.45) is 11.7 Å². The molecule has 0 bridgehead atoms. The van der Waals surface area contributed by atoms with Crippen LogP contribution in [0, 0.1) is 5.92 Å². The Bertz CT molecular complexity index is 1270. The lowest BCUT2D eigenvalue weighted by Gasteiger charge is -2.38. The first-order valence-electron chi connectivity index (χ1n) is 10.3. The van der Waals surface area contributed by atoms with Gasteiger partial charge in [-0.2, -0.15) is 0 Å². The Kier molecular flexibility index (Phi) is 5.72. The average Bonchev–Trinajstić information content (AvgIpc) is 2.78. The van der Waals surface area contributed by atoms with Gasteiger partial charge in [-0.05, 0) is 54.0 Å². The van der Waals surface area contributed by atoms with Gasteiger partial charge in [-0.15, -0.1) is 0 Å². The Morgan fingerprint density at radius 3 is 2.72 bits per heavy atom. The molecule has 32 heavy (non-hydrogen) atoms. The molecular weight excluding hydrogens is 410 g/mol. The van der Waals surface area contributed by atoms with Crippen LogP contribution in [0.1, 0.15) is 41.7 Å². The first-order valence-corrected chi connectivity index (χ1v) is 10.3. The van der Waals surface area contributed by atoms with E-state index in [9.17, 15) is 19.2 Å². The lowest BCUT2D eigenvalue weighted by Crippen LogP contribution is -2.46. The van der Waals surface area contributed by atoms with Crippen LogP contribution < -0.4 is 16.6 Å². The summed E-state index contributed by atoms with van der Waals surface area (Å²) in [4.78, 5) is 57.0. The van der Waals surface area contributed by atoms with Gasteiger partial charge >= 0.3 is 11.8 Å². The Morgan fingerprint density at radius 1 is 1.12 bits per heavy atom. The fraction of sp³-hybridized carbons (Fsp3) is 0.261. The van der Waals surface area contributed by atoms with Crippen LogP contribution in [0.3, 0.4) is 0 Å². The minimum Gasteiger partial charge on any atom is -0.366 e. The highest BCUT2D eigenvalue weighted by Crippen LogP contribution is 2.34. The molecule has 0 aliphatic carbocycles. The fourth-order valence-corrected chi connectivity index (χ4v) is 4.06. The first kappa shape index (κ1) is 21.2. The standard InChI is InChI=1S/C23H23N5O4/c1-13-2-6-19(15-3-5-18-14(8-15)4-7-20(29)27-18)28(12-13)23(32)22(31)26-17-9-16(21(24)30)10-25-11-17/h3-5,7-11,13,19H,2,6,12H2,1H3,(H2,24,30)(H,26,31)(H,27,29)/t13-,19+/m1/s1. The van der Waals surface area contributed by atoms with Gasteiger partial charge in [0.15, 0.2) is 0 Å². The predicted molar refractivity (Wildman–Crippen MR) is 119 cm³/mol. The number of aromatic amines is 1. The molecule has 9 nitrogen and oxygen atoms in total. The SMILES string of the molecule is C[C@@H]1CC[C@@H](c2ccc3[nH]c(=O)ccc3c2)N(C(=O)C(=O)Nc2cncc(C(N)=O)c2)C1. The number of primary amides is 1. The summed E-state index contributed by atoms with van der Waals surface area (Å²) < 4.78 is 0. The number of nitrogens with zero attached hydrogens (tertiary/aromatic N) is 2. The molecule has 9 heteroatoms. The summed E-state index contributed by atoms with van der Waals surface area (Å²) in [5.74, 6) is -1.90. The first-order chi connectivity index (χ1) is 15.3. The van der Waals surface area contributed by atoms with Crippen LogP contribution in [0.25, 0.3) is 10.9 Å². The zero-order valence-electron chi connectivity index (χ0n) is 17.5. The molecule has 3 amide bonds. The van der Waals surface area contributed by atoms with Crippen LogP contribution in [0.4, 0.5) is 5.69 Å². The molecule has 1 aliphatic heterocycles. The van der Waals surface area contributed by atoms with Crippen molar-refractivity contribution in [2.45, 2.75) is 25.8 Å². The number of carbonyl (C=O) groups excluding carboxylic acids is 3. The molecule has 1 aromatic carbocycles. The van der Waals surface area contributed by atoms with Gasteiger partial charge in [0.25, 0.3) is 0 Å². The van der Waals surface area contributed by atoms with Gasteiger partial charge in [-0.3, -0.25) is 24.2 Å². The predicted octanol–water partition coefficient (Wildman–Crippen LogP) is 1.96. The third-order valence-electron chi connectivity index (χ3n) is 5.69. The number of likely N-dealkylation sites (tertiary alicyclic amines) is 1. The third-order valence-corrected chi connectivity index (χ3v) is 5.69. The normalized spacial score (nSPS) is 18.3. The van der Waals surface area contributed by atoms with Crippen LogP contribution in [0.2, 0.25) is 0 Å². The highest BCUT2D eigenvalue weighted by molar-refractivity contribution is 6.39. The van der Waals surface area contributed by atoms with Gasteiger partial charge in [0.2, 0.25) is 11.5 Å². The number of piperidine rings is 1. The number of hydrogen-bond acceptors (Lipinski definition) is 5. The molecule has 0 unspecified atom stereocenters. The lowest BCUT2D eigenvalue weighted by atomic mass is 9.89. The number of pyridine rings is 2. The summed E-state index contributed by atoms with van der Waals surface area (Å²) >= 11 is 0. The summed E-state index contributed by atoms with van der Waals surface area (Å²) in [5, 5.41) is 3.37. The van der Waals surface area contributed by atoms with Crippen molar-refractivity contribution >= 4 is 34.3 Å². The quantitative estimate of drug-likeness (QED) is 0.542. The minimum absolute atomic E-state index is 0.133. The maximum Gasteiger partial charge on any atom is 0.313 e. The number of nitrogens with two attached hydrogens (primary N) is 1. The zero-order valence-corrected chi connectivity index (χ0v) is 17.5. The largest absolute Gasteiger partial charge is 0.366 e. The Balaban J connectivity index is 1.59. The highest BCUT2D eigenvalue weighted by Gasteiger charge is 2.34. The zero-order chi connectivity index (χ0) is 22.8. The van der Waals surface area contributed by atoms with Gasteiger partial charge in [0, 0.05) is 24.3 Å². The molecule has 1 fully saturated rings. The molecule has 3 aromatic rings. The topological polar surface area (TPSA) is 138 Å². The number of fused-ring (bicyclic) bond motifs is 1. The molecule has 0 radical (unpaired) electrons. The van der Waals surface area contributed by atoms with E-state index >= 15 is 0 Å². The third kappa shape index (κ3) is 4.36. The van der Waals surface area contributed by atoms with Gasteiger partial charge in [0.05, 0.1) is 23.5 Å². The molecule has 4 N–H and O–H groups in total. The number of amides is 3. The molecule has 4 rings (SSSR count). The van der Waals surface area contributed by atoms with Crippen molar-refractivity contribution < 1.29 is 14.4 Å². The summed E-state index contributed by atoms with van der Waals surface area (Å²) in [6.07, 6.45) is 4.27. The molecule has 3 heterocycles. The smallest absolute Gasteiger partial charge is 0.313 e. The van der Waals surface area contributed by atoms with E-state index in [4.69, 9.17) is 5.73 Å². The molecule has 2 aromatic heterocycles. The number of benzene rings is 1. The number of aromatic nitrogens is 2. The van der Waals surface area contributed by atoms with Gasteiger partial charge in [-0.1, -0.05) is 13.0 Å². The molecule has 1 saturated heterocycles. The lowest BCUT2D eigenvalue weighted by molar-refractivity contribution is -0.146. The summed E-state index contributed by atoms with van der Waals surface area (Å²) in [5.41, 5.74) is 7.03. The van der Waals surface area contributed by atoms with Crippen molar-refractivity contribution in [3.63, 3.8) is 0 Å². The summed E-state index contributed by atoms with van der Waals surface area (Å²) in [7, 11) is 0. The Hall–Kier alpha value is -4.01. The van der Waals surface area contributed by atoms with Gasteiger partial charge < -0.3 is 20.9 Å². The van der Waals surface area contributed by atoms with Gasteiger partial charge in [0.1, 0.15) is 0 Å². The average molecular weight is 433 g/mol. The Morgan fingerprint density at radius 2 is 1.94 bits per heavy atom. The van der Waals surface area contributed by atoms with E-state index in [1.807, 2.05) is 25.1 Å². The van der Waals surface area contributed by atoms with E-state index < -0.39 is 17.7 Å². The van der Waals surface area contributed by atoms with E-state index in [0.29, 0.717) is 18.5 Å². The van der Waals surface area contributed by atoms with Crippen molar-refractivity contribution in [3.05, 3.63) is 70.3 Å². The number of nitrogens with one attached hydrogen (secondary N) is 2. The number of H-pyrrole nitrogens is 1. The van der Waals surface area contributed by atoms with Crippen LogP contribution in [-0.4, -0.2) is 39.1 Å². The maximum atomic E-state index is 13.1. The van der Waals surface area contributed by atoms with Crippen molar-refractivity contribution in [1.29, 1.82) is 0 Å². The minimum atomic E-state index is -0.808. The number of carbonyl (C=O) groups is 3. The fourth-order valence-electron chi connectivity index (χ4n) is 4.06. The number of rotatable bonds is 3. The summed E-state index contributed by atoms with van der Waals surface area (Å²) in [6.45, 7) is 2.49. The van der Waals surface area contributed by atoms with Crippen LogP contribution >= 0.6 is 0 Å². The maximum absolute atomic E-state index is 13.1. The second kappa shape index (κ2) is 8.62. The van der Waals surface area contributed by atoms with Crippen molar-refractivity contribution in [3.8, 4) is 0 Å². The van der Waals surface area contributed by atoms with Crippen molar-refractivity contribution in [2.75, 3.05) is 11.9 Å². The van der Waals surface area contributed by atoms with E-state index in [-0.39, 0.29) is 28.8 Å². The van der Waals surface area contributed by atoms with E-state index in [2.05, 4.69) is 15.3 Å². The second-order valence-corrected chi connectivity index (χ2v) is 8.11. The van der Waals surface area contributed by atoms with Crippen LogP contribution in [-0.2, 0) is 9.59 Å². The molecule has 2 atom stereocenters. The molecular formula is C23H23N5O4. The highest BCUT2D eigenvalue weighted by atomic mass is 16.2. The van der Waals surface area contributed by atoms with E-state index in [1.165, 1.54) is 24.5 Å². The van der Waals surface area contributed by atoms with E-state index in [1.54, 1.807) is 11.0 Å². The molecule has 164 valence electrons. The molecule has 0 saturated carbocycles. The Labute approximate surface area is 183 Å². The van der Waals surface area contributed by atoms with E-state index in [0.717, 1.165) is 17.4 Å². The molecule has 1 aliphatic rings. The van der Waals surface area contributed by atoms with Crippen LogP contribution in [0.15, 0.2) is 53.6 Å². The summed E-state index contributed by atoms with van der Waals surface area (Å²) in [6, 6.07) is 9.92. The monoisotopic (exact) mass is 433 g/mol. The second-order valence-electron chi connectivity index (χ2n) is 8.11. The van der Waals surface area contributed by atoms with Gasteiger partial charge in [-0.25, -0.2) is 0 Å². The number of hydrogen-bond donors (Lipinski definition) is 3. The molecule has 0 spiro atoms. The number of anilines is 1.